The molecule has 28 heavy (non-hydrogen) atoms. The van der Waals surface area contributed by atoms with Gasteiger partial charge in [-0.05, 0) is 12.1 Å². The first-order valence-electron chi connectivity index (χ1n) is 8.21. The average molecular weight is 378 g/mol. The number of nitrogens with two attached hydrogens (primary N) is 2. The Morgan fingerprint density at radius 1 is 1.29 bits per heavy atom. The van der Waals surface area contributed by atoms with Gasteiger partial charge >= 0.3 is 0 Å². The summed E-state index contributed by atoms with van der Waals surface area (Å²) in [4.78, 5) is 16.4. The number of oxazole rings is 1. The highest BCUT2D eigenvalue weighted by molar-refractivity contribution is 6.31. The lowest BCUT2D eigenvalue weighted by molar-refractivity contribution is 0.572. The van der Waals surface area contributed by atoms with E-state index < -0.39 is 5.82 Å². The van der Waals surface area contributed by atoms with Gasteiger partial charge in [-0.2, -0.15) is 5.10 Å². The minimum atomic E-state index is -0.436. The van der Waals surface area contributed by atoms with Crippen LogP contribution in [-0.4, -0.2) is 31.4 Å². The lowest BCUT2D eigenvalue weighted by Crippen LogP contribution is -2.13. The first kappa shape index (κ1) is 17.3. The summed E-state index contributed by atoms with van der Waals surface area (Å²) >= 11 is 0. The summed E-state index contributed by atoms with van der Waals surface area (Å²) in [6.07, 6.45) is 7.46. The Morgan fingerprint density at radius 2 is 2.14 bits per heavy atom. The molecular weight excluding hydrogens is 363 g/mol. The Labute approximate surface area is 158 Å². The minimum absolute atomic E-state index is 0.190. The SMILES string of the molecule is NN=C(C=Nc1ccccc1F)Cn1cc(-c2cnco2)c2c(N)ncnc21. The van der Waals surface area contributed by atoms with Crippen molar-refractivity contribution in [3.63, 3.8) is 0 Å². The summed E-state index contributed by atoms with van der Waals surface area (Å²) in [6.45, 7) is 0.232. The number of fused-ring (bicyclic) bond motifs is 1. The maximum Gasteiger partial charge on any atom is 0.181 e. The van der Waals surface area contributed by atoms with Gasteiger partial charge in [-0.1, -0.05) is 12.1 Å². The number of rotatable bonds is 5. The first-order valence-corrected chi connectivity index (χ1v) is 8.21. The number of hydrogen-bond donors (Lipinski definition) is 2. The van der Waals surface area contributed by atoms with Crippen molar-refractivity contribution in [2.75, 3.05) is 5.73 Å². The van der Waals surface area contributed by atoms with Crippen LogP contribution in [0.4, 0.5) is 15.9 Å². The Balaban J connectivity index is 1.71. The van der Waals surface area contributed by atoms with E-state index in [9.17, 15) is 4.39 Å². The summed E-state index contributed by atoms with van der Waals surface area (Å²) in [7, 11) is 0. The predicted molar refractivity (Wildman–Crippen MR) is 104 cm³/mol. The predicted octanol–water partition coefficient (Wildman–Crippen LogP) is 2.52. The zero-order chi connectivity index (χ0) is 19.5. The normalized spacial score (nSPS) is 12.2. The number of anilines is 1. The van der Waals surface area contributed by atoms with Crippen molar-refractivity contribution in [1.29, 1.82) is 0 Å². The molecule has 0 fully saturated rings. The molecule has 4 rings (SSSR count). The minimum Gasteiger partial charge on any atom is -0.443 e. The van der Waals surface area contributed by atoms with E-state index in [4.69, 9.17) is 16.0 Å². The van der Waals surface area contributed by atoms with E-state index in [-0.39, 0.29) is 12.2 Å². The van der Waals surface area contributed by atoms with E-state index >= 15 is 0 Å². The summed E-state index contributed by atoms with van der Waals surface area (Å²) in [5.74, 6) is 5.90. The topological polar surface area (TPSA) is 134 Å². The molecule has 10 heteroatoms. The third-order valence-electron chi connectivity index (χ3n) is 4.08. The second-order valence-electron chi connectivity index (χ2n) is 5.82. The molecule has 0 saturated carbocycles. The first-order chi connectivity index (χ1) is 13.7. The van der Waals surface area contributed by atoms with Gasteiger partial charge in [-0.15, -0.1) is 0 Å². The molecule has 3 heterocycles. The van der Waals surface area contributed by atoms with E-state index in [0.717, 1.165) is 0 Å². The molecule has 0 saturated heterocycles. The molecule has 0 spiro atoms. The van der Waals surface area contributed by atoms with Crippen LogP contribution in [0.3, 0.4) is 0 Å². The standard InChI is InChI=1S/C18H15FN8O/c19-13-3-1-2-4-14(13)23-5-11(26-21)7-27-8-12(15-6-22-10-28-15)16-17(20)24-9-25-18(16)27/h1-6,8-10H,7,21H2,(H2,20,24,25). The van der Waals surface area contributed by atoms with Crippen LogP contribution >= 0.6 is 0 Å². The van der Waals surface area contributed by atoms with Crippen LogP contribution in [0.5, 0.6) is 0 Å². The van der Waals surface area contributed by atoms with Gasteiger partial charge in [0.25, 0.3) is 0 Å². The van der Waals surface area contributed by atoms with Crippen molar-refractivity contribution in [2.45, 2.75) is 6.54 Å². The number of hydrazone groups is 1. The molecule has 1 aromatic carbocycles. The van der Waals surface area contributed by atoms with Crippen LogP contribution in [0.25, 0.3) is 22.4 Å². The number of aliphatic imine (C=N–C) groups is 1. The van der Waals surface area contributed by atoms with Crippen molar-refractivity contribution in [3.05, 3.63) is 55.2 Å². The van der Waals surface area contributed by atoms with Crippen LogP contribution in [0.15, 0.2) is 63.9 Å². The van der Waals surface area contributed by atoms with Gasteiger partial charge in [0, 0.05) is 11.8 Å². The molecule has 0 amide bonds. The van der Waals surface area contributed by atoms with Crippen LogP contribution in [0, 0.1) is 5.82 Å². The fraction of sp³-hybridized carbons (Fsp3) is 0.0556. The van der Waals surface area contributed by atoms with E-state index in [0.29, 0.717) is 33.9 Å². The fourth-order valence-electron chi connectivity index (χ4n) is 2.79. The van der Waals surface area contributed by atoms with E-state index in [1.807, 2.05) is 0 Å². The molecule has 0 unspecified atom stereocenters. The fourth-order valence-corrected chi connectivity index (χ4v) is 2.79. The van der Waals surface area contributed by atoms with Crippen LogP contribution in [0.1, 0.15) is 0 Å². The van der Waals surface area contributed by atoms with Gasteiger partial charge in [0.05, 0.1) is 35.7 Å². The molecule has 0 radical (unpaired) electrons. The van der Waals surface area contributed by atoms with Gasteiger partial charge in [0.1, 0.15) is 23.6 Å². The van der Waals surface area contributed by atoms with Crippen molar-refractivity contribution in [3.8, 4) is 11.3 Å². The summed E-state index contributed by atoms with van der Waals surface area (Å²) in [5, 5.41) is 4.37. The highest BCUT2D eigenvalue weighted by Gasteiger charge is 2.17. The molecule has 4 N–H and O–H groups in total. The molecule has 0 bridgehead atoms. The van der Waals surface area contributed by atoms with Gasteiger partial charge in [-0.25, -0.2) is 19.3 Å². The number of nitrogen functional groups attached to an aromatic ring is 1. The summed E-state index contributed by atoms with van der Waals surface area (Å²) < 4.78 is 20.9. The highest BCUT2D eigenvalue weighted by atomic mass is 19.1. The van der Waals surface area contributed by atoms with Crippen molar-refractivity contribution in [1.82, 2.24) is 19.5 Å². The Bertz CT molecular complexity index is 1180. The number of benzene rings is 1. The summed E-state index contributed by atoms with van der Waals surface area (Å²) in [6, 6.07) is 6.17. The number of para-hydroxylation sites is 1. The zero-order valence-electron chi connectivity index (χ0n) is 14.5. The second kappa shape index (κ2) is 7.27. The molecule has 0 atom stereocenters. The van der Waals surface area contributed by atoms with Crippen molar-refractivity contribution < 1.29 is 8.81 Å². The third-order valence-corrected chi connectivity index (χ3v) is 4.08. The molecule has 0 aliphatic carbocycles. The van der Waals surface area contributed by atoms with Crippen molar-refractivity contribution in [2.24, 2.45) is 15.9 Å². The maximum atomic E-state index is 13.7. The Kier molecular flexibility index (Phi) is 4.50. The average Bonchev–Trinajstić information content (AvgIpc) is 3.35. The third kappa shape index (κ3) is 3.18. The number of nitrogens with zero attached hydrogens (tertiary/aromatic N) is 6. The molecule has 4 aromatic rings. The van der Waals surface area contributed by atoms with Crippen LogP contribution < -0.4 is 11.6 Å². The molecule has 0 aliphatic heterocycles. The van der Waals surface area contributed by atoms with E-state index in [1.54, 1.807) is 35.2 Å². The number of hydrogen-bond acceptors (Lipinski definition) is 8. The van der Waals surface area contributed by atoms with E-state index in [2.05, 4.69) is 25.0 Å². The van der Waals surface area contributed by atoms with Gasteiger partial charge in [0.2, 0.25) is 0 Å². The highest BCUT2D eigenvalue weighted by Crippen LogP contribution is 2.32. The van der Waals surface area contributed by atoms with Crippen LogP contribution in [0.2, 0.25) is 0 Å². The molecule has 9 nitrogen and oxygen atoms in total. The second-order valence-corrected chi connectivity index (χ2v) is 5.82. The molecular formula is C18H15FN8O. The summed E-state index contributed by atoms with van der Waals surface area (Å²) in [5.41, 5.74) is 7.89. The quantitative estimate of drug-likeness (QED) is 0.311. The van der Waals surface area contributed by atoms with Crippen molar-refractivity contribution >= 4 is 34.5 Å². The Hall–Kier alpha value is -4.08. The van der Waals surface area contributed by atoms with E-state index in [1.165, 1.54) is 25.0 Å². The van der Waals surface area contributed by atoms with Gasteiger partial charge < -0.3 is 20.6 Å². The molecule has 3 aromatic heterocycles. The number of halogens is 1. The zero-order valence-corrected chi connectivity index (χ0v) is 14.5. The molecule has 0 aliphatic rings. The van der Waals surface area contributed by atoms with Gasteiger partial charge in [0.15, 0.2) is 12.2 Å². The monoisotopic (exact) mass is 378 g/mol. The Morgan fingerprint density at radius 3 is 2.89 bits per heavy atom. The molecule has 140 valence electrons. The van der Waals surface area contributed by atoms with Gasteiger partial charge in [-0.3, -0.25) is 4.99 Å². The lowest BCUT2D eigenvalue weighted by Gasteiger charge is -2.04. The largest absolute Gasteiger partial charge is 0.443 e. The van der Waals surface area contributed by atoms with Crippen LogP contribution in [-0.2, 0) is 6.54 Å². The lowest BCUT2D eigenvalue weighted by atomic mass is 10.2. The maximum absolute atomic E-state index is 13.7. The smallest absolute Gasteiger partial charge is 0.181 e. The number of aromatic nitrogens is 4.